The van der Waals surface area contributed by atoms with Crippen LogP contribution in [0.3, 0.4) is 0 Å². The van der Waals surface area contributed by atoms with Gasteiger partial charge in [-0.25, -0.2) is 0 Å². The predicted molar refractivity (Wildman–Crippen MR) is 87.6 cm³/mol. The van der Waals surface area contributed by atoms with Crippen molar-refractivity contribution in [2.45, 2.75) is 56.2 Å². The molecule has 0 bridgehead atoms. The molecule has 2 N–H and O–H groups in total. The Morgan fingerprint density at radius 2 is 2.26 bits per heavy atom. The average Bonchev–Trinajstić information content (AvgIpc) is 2.74. The largest absolute Gasteiger partial charge is 0.353 e. The number of hydrogen-bond donors (Lipinski definition) is 2. The Balaban J connectivity index is 1.76. The van der Waals surface area contributed by atoms with Crippen molar-refractivity contribution < 1.29 is 0 Å². The first-order chi connectivity index (χ1) is 9.19. The molecule has 1 aliphatic rings. The Morgan fingerprint density at radius 3 is 3.05 bits per heavy atom. The lowest BCUT2D eigenvalue weighted by Crippen LogP contribution is -2.37. The van der Waals surface area contributed by atoms with Crippen molar-refractivity contribution in [3.8, 4) is 0 Å². The van der Waals surface area contributed by atoms with E-state index in [0.717, 1.165) is 20.2 Å². The highest BCUT2D eigenvalue weighted by molar-refractivity contribution is 8.00. The molecule has 0 spiro atoms. The zero-order chi connectivity index (χ0) is 13.7. The number of guanidine groups is 1. The topological polar surface area (TPSA) is 36.4 Å². The normalized spacial score (nSPS) is 15.4. The van der Waals surface area contributed by atoms with Crippen LogP contribution >= 0.6 is 34.9 Å². The van der Waals surface area contributed by atoms with Crippen LogP contribution in [0, 0.1) is 0 Å². The molecule has 0 aromatic carbocycles. The van der Waals surface area contributed by atoms with E-state index in [1.165, 1.54) is 44.1 Å². The highest BCUT2D eigenvalue weighted by Crippen LogP contribution is 2.41. The summed E-state index contributed by atoms with van der Waals surface area (Å²) in [5, 5.41) is 6.72. The molecule has 0 fully saturated rings. The average molecular weight is 318 g/mol. The number of fused-ring (bicyclic) bond motifs is 1. The second-order valence-electron chi connectivity index (χ2n) is 4.80. The van der Waals surface area contributed by atoms with Crippen molar-refractivity contribution in [1.82, 2.24) is 5.32 Å². The number of halogens is 1. The molecule has 6 heteroatoms. The van der Waals surface area contributed by atoms with Gasteiger partial charge in [0.2, 0.25) is 5.96 Å². The molecule has 1 atom stereocenters. The molecule has 0 saturated heterocycles. The molecule has 1 aromatic rings. The molecule has 1 aromatic heterocycles. The molecular formula is C13H20ClN3S2. The van der Waals surface area contributed by atoms with E-state index in [1.54, 1.807) is 11.3 Å². The molecule has 0 aliphatic carbocycles. The summed E-state index contributed by atoms with van der Waals surface area (Å²) in [6, 6.07) is 2.40. The van der Waals surface area contributed by atoms with Gasteiger partial charge in [-0.2, -0.15) is 4.40 Å². The van der Waals surface area contributed by atoms with Gasteiger partial charge in [0.25, 0.3) is 0 Å². The quantitative estimate of drug-likeness (QED) is 0.563. The SMILES string of the molecule is CCCCCCC(C)NC1=NSc2sc(Cl)cc2N1. The summed E-state index contributed by atoms with van der Waals surface area (Å²) in [6.45, 7) is 4.44. The fourth-order valence-electron chi connectivity index (χ4n) is 1.98. The Bertz CT molecular complexity index is 445. The van der Waals surface area contributed by atoms with Gasteiger partial charge in [0.15, 0.2) is 0 Å². The zero-order valence-electron chi connectivity index (χ0n) is 11.3. The molecule has 0 saturated carbocycles. The summed E-state index contributed by atoms with van der Waals surface area (Å²) in [7, 11) is 0. The third-order valence-corrected chi connectivity index (χ3v) is 5.21. The Kier molecular flexibility index (Phi) is 5.85. The van der Waals surface area contributed by atoms with Crippen molar-refractivity contribution in [3.05, 3.63) is 10.4 Å². The Hall–Kier alpha value is -0.390. The minimum Gasteiger partial charge on any atom is -0.353 e. The number of anilines is 1. The van der Waals surface area contributed by atoms with E-state index in [9.17, 15) is 0 Å². The van der Waals surface area contributed by atoms with Gasteiger partial charge in [-0.15, -0.1) is 11.3 Å². The maximum atomic E-state index is 6.00. The molecule has 2 rings (SSSR count). The monoisotopic (exact) mass is 317 g/mol. The van der Waals surface area contributed by atoms with Gasteiger partial charge in [-0.3, -0.25) is 0 Å². The van der Waals surface area contributed by atoms with Crippen molar-refractivity contribution in [2.24, 2.45) is 4.40 Å². The molecule has 2 heterocycles. The zero-order valence-corrected chi connectivity index (χ0v) is 13.7. The molecule has 0 radical (unpaired) electrons. The highest BCUT2D eigenvalue weighted by Gasteiger charge is 2.17. The van der Waals surface area contributed by atoms with E-state index in [4.69, 9.17) is 11.6 Å². The van der Waals surface area contributed by atoms with Crippen LogP contribution in [0.1, 0.15) is 46.0 Å². The molecule has 1 aliphatic heterocycles. The van der Waals surface area contributed by atoms with Crippen molar-refractivity contribution in [3.63, 3.8) is 0 Å². The first-order valence-corrected chi connectivity index (χ1v) is 8.73. The van der Waals surface area contributed by atoms with E-state index < -0.39 is 0 Å². The number of nitrogens with zero attached hydrogens (tertiary/aromatic N) is 1. The number of thiophene rings is 1. The third-order valence-electron chi connectivity index (χ3n) is 3.01. The summed E-state index contributed by atoms with van der Waals surface area (Å²) in [5.41, 5.74) is 1.07. The molecular weight excluding hydrogens is 298 g/mol. The van der Waals surface area contributed by atoms with Crippen LogP contribution in [0.25, 0.3) is 0 Å². The fraction of sp³-hybridized carbons (Fsp3) is 0.615. The van der Waals surface area contributed by atoms with Gasteiger partial charge in [0, 0.05) is 18.0 Å². The predicted octanol–water partition coefficient (Wildman–Crippen LogP) is 5.14. The molecule has 3 nitrogen and oxygen atoms in total. The summed E-state index contributed by atoms with van der Waals surface area (Å²) >= 11 is 9.05. The summed E-state index contributed by atoms with van der Waals surface area (Å²) in [4.78, 5) is 0. The van der Waals surface area contributed by atoms with E-state index in [-0.39, 0.29) is 0 Å². The maximum absolute atomic E-state index is 6.00. The van der Waals surface area contributed by atoms with Crippen LogP contribution in [0.4, 0.5) is 5.69 Å². The van der Waals surface area contributed by atoms with Crippen LogP contribution in [0.5, 0.6) is 0 Å². The van der Waals surface area contributed by atoms with Gasteiger partial charge < -0.3 is 10.6 Å². The van der Waals surface area contributed by atoms with Crippen LogP contribution in [-0.4, -0.2) is 12.0 Å². The third kappa shape index (κ3) is 4.58. The van der Waals surface area contributed by atoms with E-state index >= 15 is 0 Å². The van der Waals surface area contributed by atoms with Crippen LogP contribution < -0.4 is 10.6 Å². The molecule has 1 unspecified atom stereocenters. The lowest BCUT2D eigenvalue weighted by atomic mass is 10.1. The minimum atomic E-state index is 0.444. The van der Waals surface area contributed by atoms with Crippen LogP contribution in [-0.2, 0) is 0 Å². The second kappa shape index (κ2) is 7.41. The number of rotatable bonds is 6. The lowest BCUT2D eigenvalue weighted by Gasteiger charge is -2.20. The van der Waals surface area contributed by atoms with E-state index in [2.05, 4.69) is 28.9 Å². The van der Waals surface area contributed by atoms with Gasteiger partial charge in [0.05, 0.1) is 10.0 Å². The first kappa shape index (κ1) is 15.0. The van der Waals surface area contributed by atoms with Crippen molar-refractivity contribution in [1.29, 1.82) is 0 Å². The number of nitrogens with one attached hydrogen (secondary N) is 2. The lowest BCUT2D eigenvalue weighted by molar-refractivity contribution is 0.543. The standard InChI is InChI=1S/C13H20ClN3S2/c1-3-4-5-6-7-9(2)15-13-16-10-8-11(14)18-12(10)19-17-13/h8-9H,3-7H2,1-2H3,(H2,15,16,17). The van der Waals surface area contributed by atoms with Crippen molar-refractivity contribution >= 4 is 46.5 Å². The van der Waals surface area contributed by atoms with E-state index in [0.29, 0.717) is 6.04 Å². The smallest absolute Gasteiger partial charge is 0.208 e. The number of hydrogen-bond acceptors (Lipinski definition) is 5. The molecule has 106 valence electrons. The maximum Gasteiger partial charge on any atom is 0.208 e. The van der Waals surface area contributed by atoms with E-state index in [1.807, 2.05) is 6.07 Å². The summed E-state index contributed by atoms with van der Waals surface area (Å²) in [5.74, 6) is 0.843. The number of unbranched alkanes of at least 4 members (excludes halogenated alkanes) is 3. The van der Waals surface area contributed by atoms with Gasteiger partial charge in [-0.05, 0) is 19.4 Å². The van der Waals surface area contributed by atoms with Gasteiger partial charge >= 0.3 is 0 Å². The molecule has 0 amide bonds. The summed E-state index contributed by atoms with van der Waals surface area (Å²) in [6.07, 6.45) is 6.40. The van der Waals surface area contributed by atoms with Gasteiger partial charge in [0.1, 0.15) is 4.21 Å². The minimum absolute atomic E-state index is 0.444. The van der Waals surface area contributed by atoms with Crippen LogP contribution in [0.2, 0.25) is 4.34 Å². The first-order valence-electron chi connectivity index (χ1n) is 6.77. The Labute approximate surface area is 128 Å². The highest BCUT2D eigenvalue weighted by atomic mass is 35.5. The fourth-order valence-corrected chi connectivity index (χ4v) is 4.05. The summed E-state index contributed by atoms with van der Waals surface area (Å²) < 4.78 is 6.36. The Morgan fingerprint density at radius 1 is 1.42 bits per heavy atom. The molecule has 19 heavy (non-hydrogen) atoms. The van der Waals surface area contributed by atoms with Gasteiger partial charge in [-0.1, -0.05) is 44.2 Å². The van der Waals surface area contributed by atoms with Crippen molar-refractivity contribution in [2.75, 3.05) is 5.32 Å². The van der Waals surface area contributed by atoms with Crippen LogP contribution in [0.15, 0.2) is 14.7 Å². The second-order valence-corrected chi connectivity index (χ2v) is 7.52.